The molecule has 0 aliphatic carbocycles. The molecule has 1 aromatic heterocycles. The first-order valence-corrected chi connectivity index (χ1v) is 9.33. The van der Waals surface area contributed by atoms with Gasteiger partial charge in [0.05, 0.1) is 17.5 Å². The van der Waals surface area contributed by atoms with Crippen molar-refractivity contribution in [1.29, 1.82) is 0 Å². The first kappa shape index (κ1) is 17.7. The molecule has 1 N–H and O–H groups in total. The minimum atomic E-state index is 0.107. The third-order valence-electron chi connectivity index (χ3n) is 5.79. The lowest BCUT2D eigenvalue weighted by Crippen LogP contribution is -2.56. The maximum absolute atomic E-state index is 4.81. The summed E-state index contributed by atoms with van der Waals surface area (Å²) in [4.78, 5) is 7.55. The molecule has 1 fully saturated rings. The van der Waals surface area contributed by atoms with Crippen LogP contribution in [0, 0.1) is 16.7 Å². The molecule has 1 saturated heterocycles. The van der Waals surface area contributed by atoms with E-state index < -0.39 is 0 Å². The van der Waals surface area contributed by atoms with Gasteiger partial charge < -0.3 is 5.32 Å². The quantitative estimate of drug-likeness (QED) is 0.717. The number of aromatic nitrogens is 1. The predicted octanol–water partition coefficient (Wildman–Crippen LogP) is 5.11. The average Bonchev–Trinajstić information content (AvgIpc) is 2.89. The van der Waals surface area contributed by atoms with E-state index in [1.165, 1.54) is 11.4 Å². The molecule has 3 rings (SSSR count). The second-order valence-corrected chi connectivity index (χ2v) is 10.8. The molecule has 3 heterocycles. The van der Waals surface area contributed by atoms with Crippen molar-refractivity contribution in [3.8, 4) is 0 Å². The highest BCUT2D eigenvalue weighted by molar-refractivity contribution is 5.57. The molecule has 134 valence electrons. The molecule has 2 aliphatic rings. The fourth-order valence-electron chi connectivity index (χ4n) is 5.16. The molecule has 0 spiro atoms. The lowest BCUT2D eigenvalue weighted by atomic mass is 9.64. The molecule has 0 bridgehead atoms. The normalized spacial score (nSPS) is 30.9. The molecular weight excluding hydrogens is 294 g/mol. The molecular formula is C21H35N3. The summed E-state index contributed by atoms with van der Waals surface area (Å²) >= 11 is 0. The molecule has 0 radical (unpaired) electrons. The van der Waals surface area contributed by atoms with Gasteiger partial charge in [-0.3, -0.25) is 9.88 Å². The number of nitrogens with zero attached hydrogens (tertiary/aromatic N) is 2. The van der Waals surface area contributed by atoms with Gasteiger partial charge >= 0.3 is 0 Å². The standard InChI is InChI=1S/C21H35N3/c1-19(2,3)15-14-16-13(11-10-12-22-16)23-18(14)24(21(7,8)9)17(15)20(4,5)6/h10-12,14-15,17-18,23H,1-9H3. The highest BCUT2D eigenvalue weighted by atomic mass is 15.4. The van der Waals surface area contributed by atoms with E-state index in [-0.39, 0.29) is 16.4 Å². The minimum absolute atomic E-state index is 0.107. The Morgan fingerprint density at radius 3 is 2.08 bits per heavy atom. The van der Waals surface area contributed by atoms with Crippen LogP contribution in [-0.4, -0.2) is 27.6 Å². The van der Waals surface area contributed by atoms with Crippen molar-refractivity contribution in [2.75, 3.05) is 5.32 Å². The zero-order chi connectivity index (χ0) is 18.1. The summed E-state index contributed by atoms with van der Waals surface area (Å²) in [6, 6.07) is 4.74. The van der Waals surface area contributed by atoms with E-state index in [4.69, 9.17) is 4.98 Å². The highest BCUT2D eigenvalue weighted by Gasteiger charge is 2.61. The monoisotopic (exact) mass is 329 g/mol. The van der Waals surface area contributed by atoms with Crippen molar-refractivity contribution in [3.63, 3.8) is 0 Å². The summed E-state index contributed by atoms with van der Waals surface area (Å²) in [6.45, 7) is 21.5. The van der Waals surface area contributed by atoms with E-state index in [1.807, 2.05) is 12.3 Å². The van der Waals surface area contributed by atoms with E-state index in [1.54, 1.807) is 0 Å². The number of nitrogens with one attached hydrogen (secondary N) is 1. The first-order chi connectivity index (χ1) is 10.8. The van der Waals surface area contributed by atoms with Crippen LogP contribution >= 0.6 is 0 Å². The molecule has 24 heavy (non-hydrogen) atoms. The fourth-order valence-corrected chi connectivity index (χ4v) is 5.16. The lowest BCUT2D eigenvalue weighted by Gasteiger charge is -2.49. The Hall–Kier alpha value is -1.09. The van der Waals surface area contributed by atoms with Crippen LogP contribution in [-0.2, 0) is 0 Å². The van der Waals surface area contributed by atoms with Crippen LogP contribution in [0.25, 0.3) is 0 Å². The Bertz CT molecular complexity index is 615. The number of fused-ring (bicyclic) bond motifs is 3. The Morgan fingerprint density at radius 1 is 0.958 bits per heavy atom. The van der Waals surface area contributed by atoms with Crippen LogP contribution in [0.2, 0.25) is 0 Å². The molecule has 4 unspecified atom stereocenters. The van der Waals surface area contributed by atoms with Crippen LogP contribution < -0.4 is 5.32 Å². The Balaban J connectivity index is 2.20. The van der Waals surface area contributed by atoms with Gasteiger partial charge in [-0.25, -0.2) is 0 Å². The summed E-state index contributed by atoms with van der Waals surface area (Å²) < 4.78 is 0. The summed E-state index contributed by atoms with van der Waals surface area (Å²) in [5.74, 6) is 1.01. The van der Waals surface area contributed by atoms with Gasteiger partial charge in [0.25, 0.3) is 0 Å². The highest BCUT2D eigenvalue weighted by Crippen LogP contribution is 2.59. The van der Waals surface area contributed by atoms with Crippen LogP contribution in [0.4, 0.5) is 5.69 Å². The molecule has 2 aliphatic heterocycles. The molecule has 0 saturated carbocycles. The zero-order valence-corrected chi connectivity index (χ0v) is 16.9. The summed E-state index contributed by atoms with van der Waals surface area (Å²) in [5.41, 5.74) is 3.04. The maximum Gasteiger partial charge on any atom is 0.0890 e. The van der Waals surface area contributed by atoms with E-state index in [0.717, 1.165) is 0 Å². The van der Waals surface area contributed by atoms with Crippen LogP contribution in [0.1, 0.15) is 73.9 Å². The van der Waals surface area contributed by atoms with E-state index in [2.05, 4.69) is 78.6 Å². The lowest BCUT2D eigenvalue weighted by molar-refractivity contribution is -0.000453. The van der Waals surface area contributed by atoms with E-state index >= 15 is 0 Å². The van der Waals surface area contributed by atoms with Crippen molar-refractivity contribution in [2.45, 2.75) is 86.0 Å². The van der Waals surface area contributed by atoms with Gasteiger partial charge in [0.15, 0.2) is 0 Å². The molecule has 0 aromatic carbocycles. The number of hydrogen-bond acceptors (Lipinski definition) is 3. The number of pyridine rings is 1. The van der Waals surface area contributed by atoms with Gasteiger partial charge in [-0.1, -0.05) is 41.5 Å². The molecule has 1 aromatic rings. The van der Waals surface area contributed by atoms with E-state index in [9.17, 15) is 0 Å². The second kappa shape index (κ2) is 5.20. The largest absolute Gasteiger partial charge is 0.367 e. The topological polar surface area (TPSA) is 28.2 Å². The van der Waals surface area contributed by atoms with Gasteiger partial charge in [0.1, 0.15) is 0 Å². The summed E-state index contributed by atoms with van der Waals surface area (Å²) in [7, 11) is 0. The van der Waals surface area contributed by atoms with Crippen molar-refractivity contribution >= 4 is 5.69 Å². The third-order valence-corrected chi connectivity index (χ3v) is 5.79. The zero-order valence-electron chi connectivity index (χ0n) is 16.9. The number of likely N-dealkylation sites (tertiary alicyclic amines) is 1. The molecule has 3 nitrogen and oxygen atoms in total. The van der Waals surface area contributed by atoms with Gasteiger partial charge in [0, 0.05) is 23.7 Å². The van der Waals surface area contributed by atoms with Crippen molar-refractivity contribution in [1.82, 2.24) is 9.88 Å². The smallest absolute Gasteiger partial charge is 0.0890 e. The predicted molar refractivity (Wildman–Crippen MR) is 102 cm³/mol. The Labute approximate surface area is 148 Å². The van der Waals surface area contributed by atoms with E-state index in [0.29, 0.717) is 24.0 Å². The number of rotatable bonds is 0. The van der Waals surface area contributed by atoms with Crippen molar-refractivity contribution in [3.05, 3.63) is 24.0 Å². The van der Waals surface area contributed by atoms with Crippen LogP contribution in [0.5, 0.6) is 0 Å². The third kappa shape index (κ3) is 2.65. The van der Waals surface area contributed by atoms with Crippen molar-refractivity contribution in [2.24, 2.45) is 16.7 Å². The fraction of sp³-hybridized carbons (Fsp3) is 0.762. The average molecular weight is 330 g/mol. The SMILES string of the molecule is CC(C)(C)C1C2c3ncccc3NC2N(C(C)(C)C)C1C(C)(C)C. The van der Waals surface area contributed by atoms with Crippen LogP contribution in [0.15, 0.2) is 18.3 Å². The summed E-state index contributed by atoms with van der Waals surface area (Å²) in [6.07, 6.45) is 2.29. The molecule has 0 amide bonds. The van der Waals surface area contributed by atoms with Gasteiger partial charge in [-0.05, 0) is 49.7 Å². The van der Waals surface area contributed by atoms with Crippen molar-refractivity contribution < 1.29 is 0 Å². The Morgan fingerprint density at radius 2 is 1.58 bits per heavy atom. The summed E-state index contributed by atoms with van der Waals surface area (Å²) in [5, 5.41) is 3.82. The maximum atomic E-state index is 4.81. The number of hydrogen-bond donors (Lipinski definition) is 1. The molecule has 3 heteroatoms. The van der Waals surface area contributed by atoms with Gasteiger partial charge in [0.2, 0.25) is 0 Å². The minimum Gasteiger partial charge on any atom is -0.367 e. The number of anilines is 1. The van der Waals surface area contributed by atoms with Gasteiger partial charge in [-0.15, -0.1) is 0 Å². The molecule has 4 atom stereocenters. The van der Waals surface area contributed by atoms with Gasteiger partial charge in [-0.2, -0.15) is 0 Å². The van der Waals surface area contributed by atoms with Crippen LogP contribution in [0.3, 0.4) is 0 Å². The second-order valence-electron chi connectivity index (χ2n) is 10.8. The first-order valence-electron chi connectivity index (χ1n) is 9.33. The Kier molecular flexibility index (Phi) is 3.84.